The molecule has 0 fully saturated rings. The molecule has 1 atom stereocenters. The van der Waals surface area contributed by atoms with Gasteiger partial charge in [-0.05, 0) is 44.7 Å². The van der Waals surface area contributed by atoms with E-state index >= 15 is 0 Å². The van der Waals surface area contributed by atoms with E-state index in [9.17, 15) is 0 Å². The van der Waals surface area contributed by atoms with E-state index in [4.69, 9.17) is 5.73 Å². The van der Waals surface area contributed by atoms with Gasteiger partial charge in [0.05, 0.1) is 11.4 Å². The molecule has 1 aliphatic rings. The third-order valence-corrected chi connectivity index (χ3v) is 4.33. The van der Waals surface area contributed by atoms with Crippen molar-refractivity contribution in [2.75, 3.05) is 10.6 Å². The summed E-state index contributed by atoms with van der Waals surface area (Å²) in [5.74, 6) is 1.06. The van der Waals surface area contributed by atoms with Gasteiger partial charge in [-0.25, -0.2) is 4.68 Å². The van der Waals surface area contributed by atoms with Crippen LogP contribution in [0.5, 0.6) is 0 Å². The van der Waals surface area contributed by atoms with E-state index < -0.39 is 0 Å². The molecule has 0 aliphatic carbocycles. The minimum atomic E-state index is 0.439. The summed E-state index contributed by atoms with van der Waals surface area (Å²) in [4.78, 5) is 2.38. The van der Waals surface area contributed by atoms with Crippen LogP contribution >= 0.6 is 0 Å². The lowest BCUT2D eigenvalue weighted by Crippen LogP contribution is -2.35. The quantitative estimate of drug-likeness (QED) is 0.935. The van der Waals surface area contributed by atoms with E-state index in [2.05, 4.69) is 52.8 Å². The van der Waals surface area contributed by atoms with Crippen molar-refractivity contribution < 1.29 is 0 Å². The maximum atomic E-state index is 6.36. The lowest BCUT2D eigenvalue weighted by atomic mass is 9.96. The highest BCUT2D eigenvalue weighted by Gasteiger charge is 2.29. The summed E-state index contributed by atoms with van der Waals surface area (Å²) in [6, 6.07) is 9.08. The molecule has 0 radical (unpaired) electrons. The number of nitrogens with two attached hydrogens (primary N) is 1. The van der Waals surface area contributed by atoms with Crippen molar-refractivity contribution in [1.29, 1.82) is 0 Å². The maximum Gasteiger partial charge on any atom is 0.155 e. The molecule has 0 saturated carbocycles. The fraction of sp³-hybridized carbons (Fsp3) is 0.471. The number of nitrogens with zero attached hydrogens (tertiary/aromatic N) is 3. The second kappa shape index (κ2) is 5.43. The fourth-order valence-corrected chi connectivity index (χ4v) is 3.22. The minimum absolute atomic E-state index is 0.439. The largest absolute Gasteiger partial charge is 0.394 e. The van der Waals surface area contributed by atoms with Crippen LogP contribution in [0, 0.1) is 6.92 Å². The smallest absolute Gasteiger partial charge is 0.155 e. The number of benzene rings is 1. The number of fused-ring (bicyclic) bond motifs is 1. The zero-order valence-electron chi connectivity index (χ0n) is 13.1. The Hall–Kier alpha value is -1.97. The van der Waals surface area contributed by atoms with Crippen LogP contribution in [0.1, 0.15) is 37.9 Å². The molecule has 4 nitrogen and oxygen atoms in total. The summed E-state index contributed by atoms with van der Waals surface area (Å²) in [5.41, 5.74) is 10.8. The van der Waals surface area contributed by atoms with Crippen LogP contribution in [0.15, 0.2) is 24.3 Å². The van der Waals surface area contributed by atoms with Gasteiger partial charge >= 0.3 is 0 Å². The molecule has 2 heterocycles. The second-order valence-electron chi connectivity index (χ2n) is 5.93. The molecule has 1 unspecified atom stereocenters. The van der Waals surface area contributed by atoms with Crippen molar-refractivity contribution in [3.63, 3.8) is 0 Å². The lowest BCUT2D eigenvalue weighted by molar-refractivity contribution is 0.559. The van der Waals surface area contributed by atoms with Gasteiger partial charge in [-0.3, -0.25) is 0 Å². The van der Waals surface area contributed by atoms with E-state index in [1.54, 1.807) is 0 Å². The van der Waals surface area contributed by atoms with Crippen molar-refractivity contribution >= 4 is 17.2 Å². The molecule has 0 amide bonds. The monoisotopic (exact) mass is 284 g/mol. The van der Waals surface area contributed by atoms with Crippen molar-refractivity contribution in [3.05, 3.63) is 35.5 Å². The van der Waals surface area contributed by atoms with Crippen LogP contribution in [0.4, 0.5) is 17.2 Å². The van der Waals surface area contributed by atoms with Gasteiger partial charge in [-0.2, -0.15) is 5.10 Å². The number of aromatic nitrogens is 2. The molecule has 0 spiro atoms. The minimum Gasteiger partial charge on any atom is -0.394 e. The van der Waals surface area contributed by atoms with Crippen LogP contribution in [0.2, 0.25) is 0 Å². The molecular weight excluding hydrogens is 260 g/mol. The van der Waals surface area contributed by atoms with Crippen LogP contribution in [0.25, 0.3) is 0 Å². The Labute approximate surface area is 126 Å². The first kappa shape index (κ1) is 14.0. The Balaban J connectivity index is 2.15. The van der Waals surface area contributed by atoms with Gasteiger partial charge in [0.1, 0.15) is 0 Å². The summed E-state index contributed by atoms with van der Waals surface area (Å²) in [6.07, 6.45) is 3.33. The number of nitrogen functional groups attached to an aromatic ring is 1. The van der Waals surface area contributed by atoms with Crippen molar-refractivity contribution in [2.24, 2.45) is 0 Å². The molecular formula is C17H24N4. The normalized spacial score (nSPS) is 17.9. The van der Waals surface area contributed by atoms with Gasteiger partial charge in [0.15, 0.2) is 5.82 Å². The van der Waals surface area contributed by atoms with Gasteiger partial charge < -0.3 is 10.6 Å². The predicted molar refractivity (Wildman–Crippen MR) is 88.0 cm³/mol. The van der Waals surface area contributed by atoms with E-state index in [-0.39, 0.29) is 0 Å². The molecule has 0 saturated heterocycles. The summed E-state index contributed by atoms with van der Waals surface area (Å²) < 4.78 is 2.07. The maximum absolute atomic E-state index is 6.36. The van der Waals surface area contributed by atoms with Crippen LogP contribution in [0.3, 0.4) is 0 Å². The van der Waals surface area contributed by atoms with Crippen molar-refractivity contribution in [2.45, 2.75) is 52.6 Å². The number of para-hydroxylation sites is 1. The van der Waals surface area contributed by atoms with E-state index in [0.717, 1.165) is 43.0 Å². The second-order valence-corrected chi connectivity index (χ2v) is 5.93. The molecule has 2 aromatic rings. The summed E-state index contributed by atoms with van der Waals surface area (Å²) in [7, 11) is 0. The average molecular weight is 284 g/mol. The lowest BCUT2D eigenvalue weighted by Gasteiger charge is -2.37. The van der Waals surface area contributed by atoms with Crippen molar-refractivity contribution in [3.8, 4) is 0 Å². The fourth-order valence-electron chi connectivity index (χ4n) is 3.22. The third-order valence-electron chi connectivity index (χ3n) is 4.33. The molecule has 21 heavy (non-hydrogen) atoms. The first-order valence-electron chi connectivity index (χ1n) is 7.83. The molecule has 2 N–H and O–H groups in total. The summed E-state index contributed by atoms with van der Waals surface area (Å²) >= 11 is 0. The number of aryl methyl sites for hydroxylation is 3. The van der Waals surface area contributed by atoms with Gasteiger partial charge in [0, 0.05) is 18.3 Å². The zero-order valence-corrected chi connectivity index (χ0v) is 13.1. The van der Waals surface area contributed by atoms with Gasteiger partial charge in [0.2, 0.25) is 0 Å². The Morgan fingerprint density at radius 3 is 2.86 bits per heavy atom. The van der Waals surface area contributed by atoms with Crippen LogP contribution in [-0.4, -0.2) is 15.8 Å². The number of hydrogen-bond donors (Lipinski definition) is 1. The predicted octanol–water partition coefficient (Wildman–Crippen LogP) is 3.66. The van der Waals surface area contributed by atoms with Crippen LogP contribution in [-0.2, 0) is 13.0 Å². The Morgan fingerprint density at radius 2 is 2.10 bits per heavy atom. The Bertz CT molecular complexity index is 644. The van der Waals surface area contributed by atoms with Crippen LogP contribution < -0.4 is 10.6 Å². The van der Waals surface area contributed by atoms with E-state index in [0.29, 0.717) is 6.04 Å². The highest BCUT2D eigenvalue weighted by atomic mass is 15.4. The van der Waals surface area contributed by atoms with Gasteiger partial charge in [-0.1, -0.05) is 25.1 Å². The standard InChI is InChI=1S/C17H24N4/c1-4-11-20-17(16(18)13(3)19-20)21-12(2)9-10-14-7-5-6-8-15(14)21/h5-8,12H,4,9-11,18H2,1-3H3. The Kier molecular flexibility index (Phi) is 3.62. The molecule has 0 bridgehead atoms. The van der Waals surface area contributed by atoms with E-state index in [1.165, 1.54) is 11.3 Å². The SMILES string of the molecule is CCCn1nc(C)c(N)c1N1c2ccccc2CCC1C. The first-order valence-corrected chi connectivity index (χ1v) is 7.83. The van der Waals surface area contributed by atoms with Gasteiger partial charge in [-0.15, -0.1) is 0 Å². The first-order chi connectivity index (χ1) is 10.1. The summed E-state index contributed by atoms with van der Waals surface area (Å²) in [5, 5.41) is 4.63. The van der Waals surface area contributed by atoms with Crippen molar-refractivity contribution in [1.82, 2.24) is 9.78 Å². The number of rotatable bonds is 3. The average Bonchev–Trinajstić information content (AvgIpc) is 2.75. The third kappa shape index (κ3) is 2.28. The number of hydrogen-bond acceptors (Lipinski definition) is 3. The van der Waals surface area contributed by atoms with Gasteiger partial charge in [0.25, 0.3) is 0 Å². The zero-order chi connectivity index (χ0) is 15.0. The molecule has 112 valence electrons. The van der Waals surface area contributed by atoms with E-state index in [1.807, 2.05) is 6.92 Å². The molecule has 3 rings (SSSR count). The summed E-state index contributed by atoms with van der Waals surface area (Å²) in [6.45, 7) is 7.34. The molecule has 1 aromatic heterocycles. The Morgan fingerprint density at radius 1 is 1.33 bits per heavy atom. The highest BCUT2D eigenvalue weighted by Crippen LogP contribution is 2.40. The molecule has 1 aromatic carbocycles. The molecule has 1 aliphatic heterocycles. The number of anilines is 3. The topological polar surface area (TPSA) is 47.1 Å². The highest BCUT2D eigenvalue weighted by molar-refractivity contribution is 5.76. The molecule has 4 heteroatoms.